The predicted molar refractivity (Wildman–Crippen MR) is 150 cm³/mol. The molecule has 0 saturated carbocycles. The highest BCUT2D eigenvalue weighted by Crippen LogP contribution is 2.36. The molecule has 4 rings (SSSR count). The minimum absolute atomic E-state index is 0.0937. The minimum Gasteiger partial charge on any atom is -0.459 e. The van der Waals surface area contributed by atoms with Crippen LogP contribution in [0.15, 0.2) is 60.3 Å². The molecule has 0 aromatic rings. The van der Waals surface area contributed by atoms with E-state index in [1.54, 1.807) is 12.2 Å². The molecule has 0 radical (unpaired) electrons. The van der Waals surface area contributed by atoms with Gasteiger partial charge in [0.25, 0.3) is 0 Å². The minimum atomic E-state index is -1.06. The lowest BCUT2D eigenvalue weighted by molar-refractivity contribution is -0.148. The van der Waals surface area contributed by atoms with E-state index >= 15 is 0 Å². The Labute approximate surface area is 237 Å². The Balaban J connectivity index is 1.50. The maximum absolute atomic E-state index is 12.8. The summed E-state index contributed by atoms with van der Waals surface area (Å²) >= 11 is 0. The second-order valence-corrected chi connectivity index (χ2v) is 11.6. The zero-order valence-electron chi connectivity index (χ0n) is 23.9. The summed E-state index contributed by atoms with van der Waals surface area (Å²) in [6, 6.07) is 0. The molecule has 9 atom stereocenters. The molecular formula is C32H44O8. The topological polar surface area (TPSA) is 104 Å². The normalized spacial score (nSPS) is 37.4. The fourth-order valence-electron chi connectivity index (χ4n) is 5.75. The highest BCUT2D eigenvalue weighted by molar-refractivity contribution is 5.82. The number of fused-ring (bicyclic) bond motifs is 3. The first-order valence-corrected chi connectivity index (χ1v) is 14.5. The maximum Gasteiger partial charge on any atom is 0.330 e. The second-order valence-electron chi connectivity index (χ2n) is 11.6. The Kier molecular flexibility index (Phi) is 11.0. The summed E-state index contributed by atoms with van der Waals surface area (Å²) in [6.45, 7) is 10.4. The van der Waals surface area contributed by atoms with Crippen LogP contribution < -0.4 is 0 Å². The summed E-state index contributed by atoms with van der Waals surface area (Å²) in [4.78, 5) is 24.7. The quantitative estimate of drug-likeness (QED) is 0.303. The van der Waals surface area contributed by atoms with Gasteiger partial charge in [0, 0.05) is 25.8 Å². The van der Waals surface area contributed by atoms with Crippen LogP contribution in [-0.2, 0) is 33.3 Å². The van der Waals surface area contributed by atoms with E-state index in [-0.39, 0.29) is 42.9 Å². The van der Waals surface area contributed by atoms with Crippen LogP contribution in [0.5, 0.6) is 0 Å². The van der Waals surface area contributed by atoms with Crippen LogP contribution in [0.4, 0.5) is 0 Å². The van der Waals surface area contributed by atoms with Crippen LogP contribution in [0.25, 0.3) is 0 Å². The van der Waals surface area contributed by atoms with E-state index in [1.165, 1.54) is 18.6 Å². The first-order valence-electron chi connectivity index (χ1n) is 14.5. The van der Waals surface area contributed by atoms with Gasteiger partial charge in [-0.3, -0.25) is 4.79 Å². The SMILES string of the molecule is C=C1C[C@H](C)C[C@@H]2CC=C[C@@H](C/C=C\C(=O)O[C@H]([C@@H](O)/C=C/[C@@H]3CC(C)=CCO3)C[C@@H]3O[C@H]3[C@@H](OC(C)=O)C1)O2. The number of esters is 2. The van der Waals surface area contributed by atoms with E-state index in [9.17, 15) is 14.7 Å². The van der Waals surface area contributed by atoms with Gasteiger partial charge in [-0.1, -0.05) is 61.1 Å². The Morgan fingerprint density at radius 1 is 1.18 bits per heavy atom. The van der Waals surface area contributed by atoms with E-state index in [2.05, 4.69) is 19.6 Å². The molecule has 4 aliphatic rings. The van der Waals surface area contributed by atoms with Gasteiger partial charge in [-0.25, -0.2) is 4.79 Å². The van der Waals surface area contributed by atoms with Gasteiger partial charge in [-0.15, -0.1) is 0 Å². The van der Waals surface area contributed by atoms with Gasteiger partial charge in [0.1, 0.15) is 24.4 Å². The summed E-state index contributed by atoms with van der Waals surface area (Å²) in [5.74, 6) is -0.580. The Hall–Kier alpha value is -2.52. The van der Waals surface area contributed by atoms with Crippen LogP contribution in [0.3, 0.4) is 0 Å². The lowest BCUT2D eigenvalue weighted by Gasteiger charge is -2.28. The van der Waals surface area contributed by atoms with Crippen LogP contribution in [-0.4, -0.2) is 72.5 Å². The number of carbonyl (C=O) groups is 2. The molecule has 40 heavy (non-hydrogen) atoms. The summed E-state index contributed by atoms with van der Waals surface area (Å²) in [6.07, 6.45) is 14.1. The second kappa shape index (κ2) is 14.4. The summed E-state index contributed by atoms with van der Waals surface area (Å²) in [5.41, 5.74) is 2.22. The van der Waals surface area contributed by atoms with Crippen LogP contribution in [0.2, 0.25) is 0 Å². The third kappa shape index (κ3) is 9.54. The van der Waals surface area contributed by atoms with Crippen LogP contribution in [0, 0.1) is 5.92 Å². The lowest BCUT2D eigenvalue weighted by Crippen LogP contribution is -2.33. The van der Waals surface area contributed by atoms with Crippen molar-refractivity contribution >= 4 is 11.9 Å². The molecule has 1 saturated heterocycles. The lowest BCUT2D eigenvalue weighted by atomic mass is 9.90. The van der Waals surface area contributed by atoms with Crippen molar-refractivity contribution in [3.63, 3.8) is 0 Å². The summed E-state index contributed by atoms with van der Waals surface area (Å²) < 4.78 is 29.3. The number of epoxide rings is 1. The summed E-state index contributed by atoms with van der Waals surface area (Å²) in [5, 5.41) is 11.0. The number of cyclic esters (lactones) is 1. The van der Waals surface area contributed by atoms with Gasteiger partial charge >= 0.3 is 11.9 Å². The molecule has 0 unspecified atom stereocenters. The molecule has 0 aromatic heterocycles. The van der Waals surface area contributed by atoms with E-state index in [4.69, 9.17) is 23.7 Å². The van der Waals surface area contributed by atoms with Gasteiger partial charge in [0.05, 0.1) is 31.0 Å². The van der Waals surface area contributed by atoms with Gasteiger partial charge in [-0.05, 0) is 44.9 Å². The van der Waals surface area contributed by atoms with Gasteiger partial charge < -0.3 is 28.8 Å². The van der Waals surface area contributed by atoms with E-state index in [0.29, 0.717) is 25.4 Å². The molecule has 220 valence electrons. The van der Waals surface area contributed by atoms with Crippen molar-refractivity contribution in [2.75, 3.05) is 6.61 Å². The number of aliphatic hydroxyl groups excluding tert-OH is 1. The maximum atomic E-state index is 12.8. The molecule has 0 aliphatic carbocycles. The number of ether oxygens (including phenoxy) is 5. The zero-order chi connectivity index (χ0) is 28.6. The molecule has 1 N–H and O–H groups in total. The van der Waals surface area contributed by atoms with Crippen molar-refractivity contribution < 1.29 is 38.4 Å². The number of rotatable bonds is 4. The third-order valence-corrected chi connectivity index (χ3v) is 7.74. The van der Waals surface area contributed by atoms with Crippen molar-refractivity contribution in [2.45, 2.75) is 115 Å². The molecule has 0 amide bonds. The Morgan fingerprint density at radius 2 is 2.00 bits per heavy atom. The third-order valence-electron chi connectivity index (χ3n) is 7.74. The fraction of sp³-hybridized carbons (Fsp3) is 0.625. The molecule has 4 heterocycles. The van der Waals surface area contributed by atoms with E-state index in [0.717, 1.165) is 31.3 Å². The molecular weight excluding hydrogens is 512 g/mol. The number of hydrogen-bond donors (Lipinski definition) is 1. The van der Waals surface area contributed by atoms with Crippen LogP contribution in [0.1, 0.15) is 65.7 Å². The van der Waals surface area contributed by atoms with Gasteiger partial charge in [-0.2, -0.15) is 0 Å². The highest BCUT2D eigenvalue weighted by Gasteiger charge is 2.48. The molecule has 8 heteroatoms. The molecule has 0 spiro atoms. The average Bonchev–Trinajstić information content (AvgIpc) is 3.65. The van der Waals surface area contributed by atoms with Crippen molar-refractivity contribution in [3.8, 4) is 0 Å². The smallest absolute Gasteiger partial charge is 0.330 e. The molecule has 2 bridgehead atoms. The summed E-state index contributed by atoms with van der Waals surface area (Å²) in [7, 11) is 0. The Bertz CT molecular complexity index is 1030. The first kappa shape index (κ1) is 30.4. The Morgan fingerprint density at radius 3 is 2.77 bits per heavy atom. The van der Waals surface area contributed by atoms with Gasteiger partial charge in [0.15, 0.2) is 0 Å². The average molecular weight is 557 g/mol. The van der Waals surface area contributed by atoms with E-state index < -0.39 is 24.3 Å². The largest absolute Gasteiger partial charge is 0.459 e. The van der Waals surface area contributed by atoms with E-state index in [1.807, 2.05) is 25.2 Å². The van der Waals surface area contributed by atoms with Crippen LogP contribution >= 0.6 is 0 Å². The zero-order valence-corrected chi connectivity index (χ0v) is 23.9. The van der Waals surface area contributed by atoms with Crippen molar-refractivity contribution in [1.29, 1.82) is 0 Å². The number of carbonyl (C=O) groups excluding carboxylic acids is 2. The molecule has 4 aliphatic heterocycles. The highest BCUT2D eigenvalue weighted by atomic mass is 16.6. The van der Waals surface area contributed by atoms with Crippen molar-refractivity contribution in [3.05, 3.63) is 60.3 Å². The van der Waals surface area contributed by atoms with Crippen molar-refractivity contribution in [1.82, 2.24) is 0 Å². The standard InChI is InChI=1S/C32H44O8/c1-20-13-14-36-25(16-20)11-12-27(34)28-19-30-32(40-30)29(37-23(4)33)18-22(3)15-21(2)17-26-9-5-7-24(38-26)8-6-10-31(35)39-28/h5-7,10-13,21,24-30,32,34H,3,8-9,14-19H2,1-2,4H3/b10-6-,12-11+/t21-,24-,25+,26-,27-,28-,29-,30-,32-/m0/s1. The predicted octanol–water partition coefficient (Wildman–Crippen LogP) is 4.68. The first-order chi connectivity index (χ1) is 19.2. The molecule has 8 nitrogen and oxygen atoms in total. The fourth-order valence-corrected chi connectivity index (χ4v) is 5.75. The number of aliphatic hydroxyl groups is 1. The molecule has 0 aromatic carbocycles. The molecule has 1 fully saturated rings. The van der Waals surface area contributed by atoms with Crippen molar-refractivity contribution in [2.24, 2.45) is 5.92 Å². The number of hydrogen-bond acceptors (Lipinski definition) is 8. The van der Waals surface area contributed by atoms with Gasteiger partial charge in [0.2, 0.25) is 0 Å². The monoisotopic (exact) mass is 556 g/mol.